The Balaban J connectivity index is 0.00000882. The summed E-state index contributed by atoms with van der Waals surface area (Å²) in [6, 6.07) is 14.3. The van der Waals surface area contributed by atoms with Crippen LogP contribution in [-0.4, -0.2) is 11.4 Å². The monoisotopic (exact) mass is 616 g/mol. The Morgan fingerprint density at radius 2 is 0.714 bits per heavy atom. The van der Waals surface area contributed by atoms with Gasteiger partial charge in [-0.2, -0.15) is 0 Å². The minimum Gasteiger partial charge on any atom is -0.252 e. The number of hydrogen-bond donors (Lipinski definition) is 0. The van der Waals surface area contributed by atoms with Crippen molar-refractivity contribution >= 4 is 22.8 Å². The van der Waals surface area contributed by atoms with E-state index in [0.29, 0.717) is 0 Å². The second kappa shape index (κ2) is 23.7. The van der Waals surface area contributed by atoms with Crippen LogP contribution < -0.4 is 0 Å². The van der Waals surface area contributed by atoms with Crippen molar-refractivity contribution in [3.05, 3.63) is 58.7 Å². The molecule has 2 nitrogen and oxygen atoms in total. The second-order valence-electron chi connectivity index (χ2n) is 12.1. The van der Waals surface area contributed by atoms with Gasteiger partial charge in [-0.3, -0.25) is 9.98 Å². The number of aliphatic imine (C=N–C) groups is 2. The van der Waals surface area contributed by atoms with Gasteiger partial charge in [-0.15, -0.1) is 0 Å². The first-order valence-corrected chi connectivity index (χ1v) is 17.5. The number of hydrogen-bond acceptors (Lipinski definition) is 2. The van der Waals surface area contributed by atoms with Gasteiger partial charge in [0, 0.05) is 16.5 Å². The number of nitrogens with zero attached hydrogens (tertiary/aromatic N) is 2. The van der Waals surface area contributed by atoms with Crippen molar-refractivity contribution in [2.24, 2.45) is 9.98 Å². The van der Waals surface area contributed by atoms with E-state index in [-0.39, 0.29) is 16.5 Å². The van der Waals surface area contributed by atoms with Gasteiger partial charge in [-0.05, 0) is 124 Å². The predicted molar refractivity (Wildman–Crippen MR) is 185 cm³/mol. The first kappa shape index (κ1) is 38.3. The number of rotatable bonds is 22. The van der Waals surface area contributed by atoms with E-state index >= 15 is 0 Å². The van der Waals surface area contributed by atoms with Crippen LogP contribution in [0.3, 0.4) is 0 Å². The van der Waals surface area contributed by atoms with Crippen molar-refractivity contribution < 1.29 is 16.5 Å². The minimum atomic E-state index is 0. The summed E-state index contributed by atoms with van der Waals surface area (Å²) in [4.78, 5) is 10.9. The fraction of sp³-hybridized carbons (Fsp3) is 0.641. The maximum Gasteiger partial charge on any atom is 0.0639 e. The maximum atomic E-state index is 5.45. The zero-order chi connectivity index (χ0) is 29.7. The summed E-state index contributed by atoms with van der Waals surface area (Å²) in [5.74, 6) is 0. The smallest absolute Gasteiger partial charge is 0.0639 e. The van der Waals surface area contributed by atoms with Gasteiger partial charge in [0.25, 0.3) is 0 Å². The van der Waals surface area contributed by atoms with Crippen molar-refractivity contribution in [3.63, 3.8) is 0 Å². The molecule has 2 aromatic carbocycles. The van der Waals surface area contributed by atoms with Crippen LogP contribution in [0, 0.1) is 0 Å². The number of benzene rings is 2. The molecule has 3 heteroatoms. The largest absolute Gasteiger partial charge is 0.252 e. The summed E-state index contributed by atoms with van der Waals surface area (Å²) in [5, 5.41) is 0. The van der Waals surface area contributed by atoms with E-state index in [0.717, 1.165) is 56.3 Å². The maximum absolute atomic E-state index is 5.45. The third kappa shape index (κ3) is 15.1. The van der Waals surface area contributed by atoms with Crippen LogP contribution in [-0.2, 0) is 42.2 Å². The molecule has 0 aliphatic carbocycles. The molecule has 42 heavy (non-hydrogen) atoms. The zero-order valence-electron chi connectivity index (χ0n) is 28.1. The molecule has 0 saturated carbocycles. The van der Waals surface area contributed by atoms with Crippen molar-refractivity contribution in [2.75, 3.05) is 0 Å². The van der Waals surface area contributed by atoms with Gasteiger partial charge in [0.05, 0.1) is 22.8 Å². The molecule has 0 heterocycles. The topological polar surface area (TPSA) is 24.7 Å². The SMILES string of the molecule is CCCCCC(=Nc1cc(CCCC)cc(CCCC)c1)C(CCCC)=Nc1cc(CCCC)cc(CCCC)c1.[Ni]. The molecular weight excluding hydrogens is 555 g/mol. The van der Waals surface area contributed by atoms with E-state index in [2.05, 4.69) is 77.9 Å². The second-order valence-corrected chi connectivity index (χ2v) is 12.1. The molecule has 0 N–H and O–H groups in total. The Labute approximate surface area is 270 Å². The quantitative estimate of drug-likeness (QED) is 0.0713. The van der Waals surface area contributed by atoms with E-state index in [4.69, 9.17) is 9.98 Å². The molecule has 0 bridgehead atoms. The van der Waals surface area contributed by atoms with Gasteiger partial charge in [0.15, 0.2) is 0 Å². The molecule has 2 rings (SSSR count). The van der Waals surface area contributed by atoms with Crippen molar-refractivity contribution in [3.8, 4) is 0 Å². The van der Waals surface area contributed by atoms with Crippen molar-refractivity contribution in [1.29, 1.82) is 0 Å². The van der Waals surface area contributed by atoms with Gasteiger partial charge in [-0.1, -0.05) is 98.6 Å². The van der Waals surface area contributed by atoms with E-state index in [1.165, 1.54) is 111 Å². The molecule has 0 aliphatic rings. The van der Waals surface area contributed by atoms with Gasteiger partial charge < -0.3 is 0 Å². The van der Waals surface area contributed by atoms with E-state index in [1.54, 1.807) is 0 Å². The molecule has 0 aromatic heterocycles. The van der Waals surface area contributed by atoms with Crippen LogP contribution in [0.5, 0.6) is 0 Å². The molecule has 0 spiro atoms. The molecule has 2 aromatic rings. The summed E-state index contributed by atoms with van der Waals surface area (Å²) in [7, 11) is 0. The summed E-state index contributed by atoms with van der Waals surface area (Å²) < 4.78 is 0. The number of unbranched alkanes of at least 4 members (excludes halogenated alkanes) is 7. The molecular formula is C39H62N2Ni. The van der Waals surface area contributed by atoms with Crippen LogP contribution in [0.4, 0.5) is 11.4 Å². The van der Waals surface area contributed by atoms with Crippen molar-refractivity contribution in [2.45, 2.75) is 164 Å². The van der Waals surface area contributed by atoms with Gasteiger partial charge >= 0.3 is 0 Å². The Morgan fingerprint density at radius 1 is 0.405 bits per heavy atom. The number of aryl methyl sites for hydroxylation is 4. The van der Waals surface area contributed by atoms with E-state index in [9.17, 15) is 0 Å². The van der Waals surface area contributed by atoms with Crippen LogP contribution >= 0.6 is 0 Å². The average Bonchev–Trinajstić information content (AvgIpc) is 2.98. The minimum absolute atomic E-state index is 0. The molecule has 0 amide bonds. The normalized spacial score (nSPS) is 12.0. The zero-order valence-corrected chi connectivity index (χ0v) is 29.1. The molecule has 0 atom stereocenters. The molecule has 0 unspecified atom stereocenters. The Kier molecular flexibility index (Phi) is 21.6. The van der Waals surface area contributed by atoms with Crippen LogP contribution in [0.15, 0.2) is 46.4 Å². The van der Waals surface area contributed by atoms with E-state index in [1.807, 2.05) is 0 Å². The molecule has 0 radical (unpaired) electrons. The fourth-order valence-corrected chi connectivity index (χ4v) is 5.44. The van der Waals surface area contributed by atoms with Crippen LogP contribution in [0.1, 0.15) is 160 Å². The summed E-state index contributed by atoms with van der Waals surface area (Å²) >= 11 is 0. The first-order valence-electron chi connectivity index (χ1n) is 17.5. The first-order chi connectivity index (χ1) is 20.1. The predicted octanol–water partition coefficient (Wildman–Crippen LogP) is 12.7. The Hall–Kier alpha value is -1.73. The van der Waals surface area contributed by atoms with Gasteiger partial charge in [-0.25, -0.2) is 0 Å². The third-order valence-electron chi connectivity index (χ3n) is 8.00. The summed E-state index contributed by atoms with van der Waals surface area (Å²) in [6.45, 7) is 13.7. The van der Waals surface area contributed by atoms with Gasteiger partial charge in [0.1, 0.15) is 0 Å². The molecule has 0 fully saturated rings. The van der Waals surface area contributed by atoms with E-state index < -0.39 is 0 Å². The third-order valence-corrected chi connectivity index (χ3v) is 8.00. The standard InChI is InChI=1S/C39H62N2.Ni/c1-7-13-19-25-39(41-37-30-34(22-16-10-4)27-35(31-37)23-17-11-5)38(24-18-12-6)40-36-28-32(20-14-8-2)26-33(29-36)21-15-9-3;/h26-31H,7-25H2,1-6H3;. The average molecular weight is 618 g/mol. The fourth-order valence-electron chi connectivity index (χ4n) is 5.44. The van der Waals surface area contributed by atoms with Crippen LogP contribution in [0.25, 0.3) is 0 Å². The Morgan fingerprint density at radius 3 is 1.02 bits per heavy atom. The summed E-state index contributed by atoms with van der Waals surface area (Å²) in [5.41, 5.74) is 10.5. The van der Waals surface area contributed by atoms with Gasteiger partial charge in [0.2, 0.25) is 0 Å². The summed E-state index contributed by atoms with van der Waals surface area (Å²) in [6.07, 6.45) is 22.4. The molecule has 0 saturated heterocycles. The van der Waals surface area contributed by atoms with Crippen molar-refractivity contribution in [1.82, 2.24) is 0 Å². The molecule has 0 aliphatic heterocycles. The van der Waals surface area contributed by atoms with Crippen LogP contribution in [0.2, 0.25) is 0 Å². The Bertz CT molecular complexity index is 1000. The molecule has 238 valence electrons.